The van der Waals surface area contributed by atoms with Crippen LogP contribution in [0.5, 0.6) is 0 Å². The average molecular weight is 176 g/mol. The first-order valence-corrected chi connectivity index (χ1v) is 0. The van der Waals surface area contributed by atoms with Crippen LogP contribution in [0.3, 0.4) is 0 Å². The van der Waals surface area contributed by atoms with E-state index in [-0.39, 0.29) is 53.7 Å². The summed E-state index contributed by atoms with van der Waals surface area (Å²) < 4.78 is 0. The van der Waals surface area contributed by atoms with Gasteiger partial charge < -0.3 is 11.0 Å². The van der Waals surface area contributed by atoms with E-state index in [9.17, 15) is 0 Å². The van der Waals surface area contributed by atoms with Gasteiger partial charge in [0, 0.05) is 0 Å². The molecule has 0 aliphatic rings. The van der Waals surface area contributed by atoms with Gasteiger partial charge in [0.1, 0.15) is 0 Å². The Morgan fingerprint density at radius 3 is 0.750 bits per heavy atom. The molecule has 0 rings (SSSR count). The zero-order chi connectivity index (χ0) is 0. The van der Waals surface area contributed by atoms with E-state index in [2.05, 4.69) is 0 Å². The van der Waals surface area contributed by atoms with Gasteiger partial charge in [-0.25, -0.2) is 0 Å². The maximum Gasteiger partial charge on any atom is 4.00 e. The molecule has 0 radical (unpaired) electrons. The molecule has 0 aromatic carbocycles. The van der Waals surface area contributed by atoms with Crippen molar-refractivity contribution < 1.29 is 53.7 Å². The molecule has 0 aromatic rings. The number of rotatable bonds is 0. The molecule has 0 fully saturated rings. The summed E-state index contributed by atoms with van der Waals surface area (Å²) in [7, 11) is 0. The molecular formula is MoO2Ti+4. The molecule has 0 bridgehead atoms. The summed E-state index contributed by atoms with van der Waals surface area (Å²) in [6.45, 7) is 0. The molecule has 0 spiro atoms. The van der Waals surface area contributed by atoms with E-state index in [1.54, 1.807) is 0 Å². The fraction of sp³-hybridized carbons (Fsp3) is 0. The van der Waals surface area contributed by atoms with Crippen molar-refractivity contribution in [1.29, 1.82) is 0 Å². The molecule has 0 saturated carbocycles. The van der Waals surface area contributed by atoms with Gasteiger partial charge in [-0.1, -0.05) is 0 Å². The van der Waals surface area contributed by atoms with Crippen molar-refractivity contribution in [3.63, 3.8) is 0 Å². The molecule has 4 heavy (non-hydrogen) atoms. The molecule has 4 heteroatoms. The number of hydrogen-bond donors (Lipinski definition) is 0. The largest absolute Gasteiger partial charge is 4.00 e. The molecule has 0 aliphatic carbocycles. The maximum atomic E-state index is 0. The smallest absolute Gasteiger partial charge is 2.00 e. The second-order valence-corrected chi connectivity index (χ2v) is 0. The Morgan fingerprint density at radius 2 is 0.750 bits per heavy atom. The molecule has 0 aliphatic heterocycles. The molecule has 0 atom stereocenters. The first kappa shape index (κ1) is 56.9. The second kappa shape index (κ2) is 27.3. The van der Waals surface area contributed by atoms with Crippen molar-refractivity contribution in [3.8, 4) is 0 Å². The molecule has 0 heterocycles. The van der Waals surface area contributed by atoms with E-state index in [1.807, 2.05) is 0 Å². The SMILES string of the molecule is [Mo+4].[O-2].[O-2].[Ti+4]. The Bertz CT molecular complexity index is 6.00. The molecule has 0 N–H and O–H groups in total. The van der Waals surface area contributed by atoms with Gasteiger partial charge in [-0.15, -0.1) is 0 Å². The summed E-state index contributed by atoms with van der Waals surface area (Å²) >= 11 is 0. The van der Waals surface area contributed by atoms with Crippen LogP contribution in [0.25, 0.3) is 0 Å². The number of hydrogen-bond acceptors (Lipinski definition) is 0. The summed E-state index contributed by atoms with van der Waals surface area (Å²) in [5.74, 6) is 0. The van der Waals surface area contributed by atoms with Crippen LogP contribution < -0.4 is 0 Å². The van der Waals surface area contributed by atoms with Crippen molar-refractivity contribution in [1.82, 2.24) is 0 Å². The molecule has 0 unspecified atom stereocenters. The van der Waals surface area contributed by atoms with Crippen LogP contribution in [0.4, 0.5) is 0 Å². The van der Waals surface area contributed by atoms with Crippen LogP contribution in [-0.2, 0) is 53.7 Å². The normalized spacial score (nSPS) is 0. The zero-order valence-corrected chi connectivity index (χ0v) is 5.29. The van der Waals surface area contributed by atoms with Crippen molar-refractivity contribution in [3.05, 3.63) is 0 Å². The molecule has 2 nitrogen and oxygen atoms in total. The minimum atomic E-state index is 0. The Hall–Kier alpha value is 1.32. The predicted molar refractivity (Wildman–Crippen MR) is 1.37 cm³/mol. The molecular weight excluding hydrogens is 176 g/mol. The minimum Gasteiger partial charge on any atom is -2.00 e. The Kier molecular flexibility index (Phi) is 388. The summed E-state index contributed by atoms with van der Waals surface area (Å²) in [5, 5.41) is 0. The van der Waals surface area contributed by atoms with Gasteiger partial charge in [-0.2, -0.15) is 0 Å². The van der Waals surface area contributed by atoms with Gasteiger partial charge in [0.25, 0.3) is 0 Å². The minimum absolute atomic E-state index is 0. The molecule has 18 valence electrons. The fourth-order valence-corrected chi connectivity index (χ4v) is 0. The van der Waals surface area contributed by atoms with Gasteiger partial charge in [-0.05, 0) is 0 Å². The molecule has 0 saturated heterocycles. The van der Waals surface area contributed by atoms with Crippen LogP contribution in [0.1, 0.15) is 0 Å². The van der Waals surface area contributed by atoms with Crippen LogP contribution >= 0.6 is 0 Å². The van der Waals surface area contributed by atoms with Gasteiger partial charge in [0.15, 0.2) is 0 Å². The van der Waals surface area contributed by atoms with E-state index in [1.165, 1.54) is 0 Å². The van der Waals surface area contributed by atoms with E-state index >= 15 is 0 Å². The van der Waals surface area contributed by atoms with Gasteiger partial charge in [0.2, 0.25) is 0 Å². The molecule has 0 aromatic heterocycles. The molecule has 0 amide bonds. The van der Waals surface area contributed by atoms with Crippen LogP contribution in [0.2, 0.25) is 0 Å². The van der Waals surface area contributed by atoms with Crippen molar-refractivity contribution >= 4 is 0 Å². The summed E-state index contributed by atoms with van der Waals surface area (Å²) in [4.78, 5) is 0. The first-order chi connectivity index (χ1) is 0. The van der Waals surface area contributed by atoms with Crippen molar-refractivity contribution in [2.45, 2.75) is 0 Å². The Labute approximate surface area is 53.7 Å². The zero-order valence-electron chi connectivity index (χ0n) is 1.72. The summed E-state index contributed by atoms with van der Waals surface area (Å²) in [6.07, 6.45) is 0. The fourth-order valence-electron chi connectivity index (χ4n) is 0. The standard InChI is InChI=1S/Mo.2O.Ti/q+4;2*-2;+4. The average Bonchev–Trinajstić information content (AvgIpc) is 0. The van der Waals surface area contributed by atoms with Gasteiger partial charge in [0.05, 0.1) is 0 Å². The maximum absolute atomic E-state index is 0. The third kappa shape index (κ3) is 10.2. The van der Waals surface area contributed by atoms with Gasteiger partial charge >= 0.3 is 42.8 Å². The van der Waals surface area contributed by atoms with E-state index in [0.717, 1.165) is 0 Å². The summed E-state index contributed by atoms with van der Waals surface area (Å²) in [6, 6.07) is 0. The Balaban J connectivity index is 0. The second-order valence-electron chi connectivity index (χ2n) is 0. The summed E-state index contributed by atoms with van der Waals surface area (Å²) in [5.41, 5.74) is 0. The van der Waals surface area contributed by atoms with Gasteiger partial charge in [-0.3, -0.25) is 0 Å². The first-order valence-electron chi connectivity index (χ1n) is 0. The monoisotopic (exact) mass is 178 g/mol. The third-order valence-corrected chi connectivity index (χ3v) is 0. The third-order valence-electron chi connectivity index (χ3n) is 0. The van der Waals surface area contributed by atoms with Crippen molar-refractivity contribution in [2.75, 3.05) is 0 Å². The van der Waals surface area contributed by atoms with Crippen LogP contribution in [0.15, 0.2) is 0 Å². The van der Waals surface area contributed by atoms with Crippen LogP contribution in [-0.4, -0.2) is 0 Å². The van der Waals surface area contributed by atoms with E-state index < -0.39 is 0 Å². The quantitative estimate of drug-likeness (QED) is 0.457. The van der Waals surface area contributed by atoms with E-state index in [4.69, 9.17) is 0 Å². The van der Waals surface area contributed by atoms with Crippen LogP contribution in [0, 0.1) is 0 Å². The van der Waals surface area contributed by atoms with E-state index in [0.29, 0.717) is 0 Å². The topological polar surface area (TPSA) is 57.0 Å². The predicted octanol–water partition coefficient (Wildman–Crippen LogP) is -0.243. The van der Waals surface area contributed by atoms with Crippen molar-refractivity contribution in [2.24, 2.45) is 0 Å². The Morgan fingerprint density at radius 1 is 0.750 bits per heavy atom.